The van der Waals surface area contributed by atoms with Crippen LogP contribution in [0.5, 0.6) is 0 Å². The molecule has 25 rings (SSSR count). The number of fused-ring (bicyclic) bond motifs is 19. The first kappa shape index (κ1) is 74.7. The number of halogens is 4. The molecule has 0 radical (unpaired) electrons. The predicted molar refractivity (Wildman–Crippen MR) is 518 cm³/mol. The number of anilines is 14. The number of nitrogens with zero attached hydrogens (tertiary/aromatic N) is 4. The minimum Gasteiger partial charge on any atom is -0.456 e. The van der Waals surface area contributed by atoms with Gasteiger partial charge in [0.1, 0.15) is 55.8 Å². The molecule has 15 heteroatoms. The van der Waals surface area contributed by atoms with Crippen molar-refractivity contribution in [2.24, 2.45) is 0 Å². The van der Waals surface area contributed by atoms with Gasteiger partial charge in [-0.2, -0.15) is 0 Å². The van der Waals surface area contributed by atoms with Gasteiger partial charge < -0.3 is 47.0 Å². The number of rotatable bonds is 10. The van der Waals surface area contributed by atoms with Crippen molar-refractivity contribution < 1.29 is 22.1 Å². The Bertz CT molecular complexity index is 7630. The average molecular weight is 1710 g/mol. The molecule has 0 unspecified atom stereocenters. The third-order valence-electron chi connectivity index (χ3n) is 23.1. The Labute approximate surface area is 730 Å². The molecule has 2 aliphatic heterocycles. The first-order valence-electron chi connectivity index (χ1n) is 40.5. The van der Waals surface area contributed by atoms with Crippen LogP contribution in [0, 0.1) is 0 Å². The van der Waals surface area contributed by atoms with Gasteiger partial charge in [-0.25, -0.2) is 0 Å². The van der Waals surface area contributed by atoms with Gasteiger partial charge in [0.25, 0.3) is 6.71 Å². The highest BCUT2D eigenvalue weighted by atomic mass is 79.9. The standard InChI is InChI=1S/C42H25BN2O2.C42H27ClN2O2.C18H13NO.C6H3BrCl2/c1-7-18-38-28(10-1)30-24-26(20-22-40(30)46-38)44-34-14-5-3-12-32(34)43-33-13-4-6-15-35(33)45(37-17-9-16-36(44)42(37)43)27-21-23-41-31(25-27)29-11-2-8-19-39(29)47-41;43-42-36(44(28-12-3-1-4-13-28)30-22-24-40-34(26-30)32-16-7-9-20-38(32)46-40)18-11-19-37(42)45(29-14-5-2-6-15-29)31-23-25-41-35(27-31)33-17-8-10-21-39(33)47-41;1-2-6-13(7-3-1)19-14-10-11-18-16(12-14)15-8-4-5-9-17(15)20-18;7-4-2-1-3-5(8)6(4)9/h1-25H;1-27H;1-12,19H;1-3H. The van der Waals surface area contributed by atoms with Crippen molar-refractivity contribution in [2.45, 2.75) is 0 Å². The highest BCUT2D eigenvalue weighted by molar-refractivity contribution is 9.10. The Kier molecular flexibility index (Phi) is 19.1. The Morgan fingerprint density at radius 2 is 0.585 bits per heavy atom. The van der Waals surface area contributed by atoms with Gasteiger partial charge in [-0.1, -0.05) is 235 Å². The predicted octanol–water partition coefficient (Wildman–Crippen LogP) is 31.7. The van der Waals surface area contributed by atoms with Crippen LogP contribution in [0.25, 0.3) is 110 Å². The molecular weight excluding hydrogens is 1640 g/mol. The average Bonchev–Trinajstić information content (AvgIpc) is 0.859. The summed E-state index contributed by atoms with van der Waals surface area (Å²) in [5.74, 6) is 0. The minimum atomic E-state index is 0.0954. The molecular formula is C108H68BBrCl3N5O5. The number of nitrogens with one attached hydrogen (secondary N) is 1. The molecule has 0 fully saturated rings. The van der Waals surface area contributed by atoms with Crippen LogP contribution >= 0.6 is 50.7 Å². The molecule has 586 valence electrons. The lowest BCUT2D eigenvalue weighted by atomic mass is 9.33. The molecule has 18 aromatic carbocycles. The zero-order chi connectivity index (χ0) is 82.2. The highest BCUT2D eigenvalue weighted by Crippen LogP contribution is 2.51. The summed E-state index contributed by atoms with van der Waals surface area (Å²) in [6.45, 7) is 0.0954. The third-order valence-corrected chi connectivity index (χ3v) is 25.2. The van der Waals surface area contributed by atoms with E-state index in [-0.39, 0.29) is 6.71 Å². The second-order valence-corrected chi connectivity index (χ2v) is 32.4. The summed E-state index contributed by atoms with van der Waals surface area (Å²) in [7, 11) is 0. The van der Waals surface area contributed by atoms with E-state index >= 15 is 0 Å². The fraction of sp³-hybridized carbons (Fsp3) is 0. The summed E-state index contributed by atoms with van der Waals surface area (Å²) in [5, 5.41) is 16.2. The Morgan fingerprint density at radius 3 is 1.01 bits per heavy atom. The van der Waals surface area contributed by atoms with Crippen LogP contribution in [0.3, 0.4) is 0 Å². The normalized spacial score (nSPS) is 12.0. The van der Waals surface area contributed by atoms with E-state index in [0.29, 0.717) is 15.1 Å². The van der Waals surface area contributed by atoms with Crippen LogP contribution in [0.1, 0.15) is 0 Å². The van der Waals surface area contributed by atoms with E-state index in [0.717, 1.165) is 171 Å². The molecule has 0 atom stereocenters. The molecule has 23 aromatic rings. The van der Waals surface area contributed by atoms with E-state index in [1.54, 1.807) is 6.07 Å². The van der Waals surface area contributed by atoms with Crippen molar-refractivity contribution in [3.63, 3.8) is 0 Å². The van der Waals surface area contributed by atoms with Crippen LogP contribution in [0.4, 0.5) is 79.6 Å². The van der Waals surface area contributed by atoms with Crippen LogP contribution in [-0.2, 0) is 0 Å². The molecule has 0 amide bonds. The van der Waals surface area contributed by atoms with E-state index in [1.165, 1.54) is 39.1 Å². The van der Waals surface area contributed by atoms with Crippen molar-refractivity contribution in [3.05, 3.63) is 426 Å². The number of hydrogen-bond donors (Lipinski definition) is 1. The fourth-order valence-electron chi connectivity index (χ4n) is 17.6. The zero-order valence-corrected chi connectivity index (χ0v) is 69.5. The smallest absolute Gasteiger partial charge is 0.252 e. The van der Waals surface area contributed by atoms with Gasteiger partial charge in [-0.3, -0.25) is 0 Å². The highest BCUT2D eigenvalue weighted by Gasteiger charge is 2.43. The van der Waals surface area contributed by atoms with Gasteiger partial charge in [0, 0.05) is 127 Å². The molecule has 0 bridgehead atoms. The van der Waals surface area contributed by atoms with Gasteiger partial charge >= 0.3 is 0 Å². The van der Waals surface area contributed by atoms with Gasteiger partial charge in [-0.15, -0.1) is 0 Å². The molecule has 0 saturated heterocycles. The lowest BCUT2D eigenvalue weighted by Crippen LogP contribution is -2.61. The lowest BCUT2D eigenvalue weighted by Gasteiger charge is -2.44. The zero-order valence-electron chi connectivity index (χ0n) is 65.6. The summed E-state index contributed by atoms with van der Waals surface area (Å²) in [4.78, 5) is 9.29. The van der Waals surface area contributed by atoms with Gasteiger partial charge in [0.2, 0.25) is 0 Å². The van der Waals surface area contributed by atoms with Crippen LogP contribution < -0.4 is 41.3 Å². The number of para-hydroxylation sites is 10. The SMILES string of the molecule is Clc1c(N(c2ccccc2)c2ccc3oc4ccccc4c3c2)cccc1N(c1ccccc1)c1ccc2oc3ccccc3c2c1.Clc1cccc(Br)c1Cl.c1ccc(Nc2ccc3oc4ccccc4c3c2)cc1.c1ccc2c(c1)B1c3ccccc3N(c3ccc4oc5ccccc5c4c3)c3cccc(c31)N2c1ccc2oc3ccccc3c2c1. The summed E-state index contributed by atoms with van der Waals surface area (Å²) in [6.07, 6.45) is 0. The first-order chi connectivity index (χ1) is 60.7. The number of hydrogen-bond acceptors (Lipinski definition) is 10. The maximum absolute atomic E-state index is 7.56. The van der Waals surface area contributed by atoms with E-state index in [9.17, 15) is 0 Å². The quantitative estimate of drug-likeness (QED) is 0.105. The Balaban J connectivity index is 0.000000111. The monoisotopic (exact) mass is 1710 g/mol. The van der Waals surface area contributed by atoms with Gasteiger partial charge in [0.15, 0.2) is 0 Å². The van der Waals surface area contributed by atoms with Crippen LogP contribution in [0.2, 0.25) is 15.1 Å². The van der Waals surface area contributed by atoms with Crippen molar-refractivity contribution in [1.29, 1.82) is 0 Å². The second kappa shape index (κ2) is 31.5. The molecule has 7 heterocycles. The van der Waals surface area contributed by atoms with Crippen molar-refractivity contribution in [1.82, 2.24) is 0 Å². The molecule has 10 nitrogen and oxygen atoms in total. The number of furan rings is 5. The minimum absolute atomic E-state index is 0.0954. The molecule has 0 spiro atoms. The molecule has 2 aliphatic rings. The van der Waals surface area contributed by atoms with Crippen LogP contribution in [-0.4, -0.2) is 6.71 Å². The summed E-state index contributed by atoms with van der Waals surface area (Å²) >= 11 is 22.1. The Morgan fingerprint density at radius 1 is 0.252 bits per heavy atom. The van der Waals surface area contributed by atoms with E-state index in [2.05, 4.69) is 271 Å². The van der Waals surface area contributed by atoms with Crippen molar-refractivity contribution in [3.8, 4) is 0 Å². The van der Waals surface area contributed by atoms with E-state index in [4.69, 9.17) is 56.9 Å². The molecule has 1 N–H and O–H groups in total. The Hall–Kier alpha value is -14.6. The second-order valence-electron chi connectivity index (χ2n) is 30.3. The molecule has 123 heavy (non-hydrogen) atoms. The fourth-order valence-corrected chi connectivity index (χ4v) is 18.7. The largest absolute Gasteiger partial charge is 0.456 e. The lowest BCUT2D eigenvalue weighted by molar-refractivity contribution is 0.668. The summed E-state index contributed by atoms with van der Waals surface area (Å²) in [5.41, 5.74) is 27.6. The van der Waals surface area contributed by atoms with Gasteiger partial charge in [0.05, 0.1) is 26.4 Å². The molecule has 0 saturated carbocycles. The number of benzene rings is 18. The molecule has 0 aliphatic carbocycles. The summed E-state index contributed by atoms with van der Waals surface area (Å²) < 4.78 is 31.4. The van der Waals surface area contributed by atoms with E-state index < -0.39 is 0 Å². The van der Waals surface area contributed by atoms with Gasteiger partial charge in [-0.05, 0) is 239 Å². The maximum Gasteiger partial charge on any atom is 0.252 e. The van der Waals surface area contributed by atoms with Crippen molar-refractivity contribution >= 4 is 263 Å². The van der Waals surface area contributed by atoms with Crippen molar-refractivity contribution in [2.75, 3.05) is 24.9 Å². The topological polar surface area (TPSA) is 90.7 Å². The van der Waals surface area contributed by atoms with Crippen LogP contribution in [0.15, 0.2) is 433 Å². The maximum atomic E-state index is 7.56. The molecule has 5 aromatic heterocycles. The third kappa shape index (κ3) is 13.5. The first-order valence-corrected chi connectivity index (χ1v) is 42.5. The van der Waals surface area contributed by atoms with E-state index in [1.807, 2.05) is 170 Å². The summed E-state index contributed by atoms with van der Waals surface area (Å²) in [6, 6.07) is 140.